The molecule has 0 amide bonds. The summed E-state index contributed by atoms with van der Waals surface area (Å²) in [6.45, 7) is 0. The zero-order chi connectivity index (χ0) is 11.8. The molecular formula is C9H5BrF3NO2. The number of hydrogen-bond acceptors (Lipinski definition) is 3. The first-order valence-electron chi connectivity index (χ1n) is 4.17. The number of aromatic nitrogens is 1. The summed E-state index contributed by atoms with van der Waals surface area (Å²) in [4.78, 5) is 3.67. The molecule has 0 spiro atoms. The molecule has 3 nitrogen and oxygen atoms in total. The van der Waals surface area contributed by atoms with Gasteiger partial charge in [-0.15, -0.1) is 0 Å². The Morgan fingerprint density at radius 2 is 1.88 bits per heavy atom. The van der Waals surface area contributed by atoms with Crippen LogP contribution in [0.4, 0.5) is 13.2 Å². The predicted molar refractivity (Wildman–Crippen MR) is 51.0 cm³/mol. The lowest BCUT2D eigenvalue weighted by atomic mass is 10.2. The van der Waals surface area contributed by atoms with Crippen molar-refractivity contribution in [3.63, 3.8) is 0 Å². The molecule has 0 saturated carbocycles. The van der Waals surface area contributed by atoms with Crippen molar-refractivity contribution < 1.29 is 22.6 Å². The second-order valence-electron chi connectivity index (χ2n) is 2.96. The minimum atomic E-state index is -4.50. The lowest BCUT2D eigenvalue weighted by molar-refractivity contribution is -0.142. The SMILES string of the molecule is FC(F)(F)c1cc(Br)cnc1C1OC=CO1. The van der Waals surface area contributed by atoms with Gasteiger partial charge in [-0.25, -0.2) is 0 Å². The summed E-state index contributed by atoms with van der Waals surface area (Å²) in [5.41, 5.74) is -1.17. The number of pyridine rings is 1. The van der Waals surface area contributed by atoms with Crippen LogP contribution in [0.5, 0.6) is 0 Å². The van der Waals surface area contributed by atoms with Gasteiger partial charge in [0.1, 0.15) is 18.2 Å². The smallest absolute Gasteiger partial charge is 0.418 e. The molecule has 0 fully saturated rings. The van der Waals surface area contributed by atoms with Gasteiger partial charge >= 0.3 is 6.18 Å². The molecule has 1 aliphatic rings. The number of nitrogens with zero attached hydrogens (tertiary/aromatic N) is 1. The average molecular weight is 296 g/mol. The van der Waals surface area contributed by atoms with E-state index in [2.05, 4.69) is 20.9 Å². The van der Waals surface area contributed by atoms with Gasteiger partial charge in [0.15, 0.2) is 0 Å². The van der Waals surface area contributed by atoms with Gasteiger partial charge < -0.3 is 9.47 Å². The molecule has 0 atom stereocenters. The maximum atomic E-state index is 12.7. The van der Waals surface area contributed by atoms with Gasteiger partial charge in [-0.2, -0.15) is 13.2 Å². The fourth-order valence-corrected chi connectivity index (χ4v) is 1.56. The second-order valence-corrected chi connectivity index (χ2v) is 3.88. The van der Waals surface area contributed by atoms with Crippen molar-refractivity contribution in [1.29, 1.82) is 0 Å². The van der Waals surface area contributed by atoms with Gasteiger partial charge in [-0.3, -0.25) is 4.98 Å². The van der Waals surface area contributed by atoms with Crippen molar-refractivity contribution in [1.82, 2.24) is 4.98 Å². The first kappa shape index (κ1) is 11.3. The summed E-state index contributed by atoms with van der Waals surface area (Å²) in [7, 11) is 0. The summed E-state index contributed by atoms with van der Waals surface area (Å²) < 4.78 is 48.0. The van der Waals surface area contributed by atoms with Crippen molar-refractivity contribution in [3.05, 3.63) is 40.5 Å². The molecule has 0 bridgehead atoms. The maximum Gasteiger partial charge on any atom is 0.418 e. The highest BCUT2D eigenvalue weighted by Gasteiger charge is 2.38. The highest BCUT2D eigenvalue weighted by molar-refractivity contribution is 9.10. The summed E-state index contributed by atoms with van der Waals surface area (Å²) >= 11 is 2.94. The molecule has 86 valence electrons. The summed E-state index contributed by atoms with van der Waals surface area (Å²) in [5.74, 6) is 0. The van der Waals surface area contributed by atoms with E-state index < -0.39 is 18.0 Å². The third kappa shape index (κ3) is 2.13. The molecule has 1 aromatic heterocycles. The molecule has 16 heavy (non-hydrogen) atoms. The van der Waals surface area contributed by atoms with E-state index in [1.807, 2.05) is 0 Å². The summed E-state index contributed by atoms with van der Waals surface area (Å²) in [6, 6.07) is 0.938. The predicted octanol–water partition coefficient (Wildman–Crippen LogP) is 3.38. The van der Waals surface area contributed by atoms with Crippen LogP contribution in [0.25, 0.3) is 0 Å². The zero-order valence-electron chi connectivity index (χ0n) is 7.66. The highest BCUT2D eigenvalue weighted by atomic mass is 79.9. The Bertz CT molecular complexity index is 425. The van der Waals surface area contributed by atoms with E-state index in [1.54, 1.807) is 0 Å². The summed E-state index contributed by atoms with van der Waals surface area (Å²) in [5, 5.41) is 0. The van der Waals surface area contributed by atoms with Crippen molar-refractivity contribution >= 4 is 15.9 Å². The van der Waals surface area contributed by atoms with E-state index in [0.717, 1.165) is 6.07 Å². The van der Waals surface area contributed by atoms with Gasteiger partial charge in [0.05, 0.1) is 5.56 Å². The minimum Gasteiger partial charge on any atom is -0.454 e. The van der Waals surface area contributed by atoms with E-state index in [1.165, 1.54) is 18.7 Å². The van der Waals surface area contributed by atoms with Crippen LogP contribution in [0.3, 0.4) is 0 Å². The molecule has 0 radical (unpaired) electrons. The quantitative estimate of drug-likeness (QED) is 0.796. The Balaban J connectivity index is 2.44. The average Bonchev–Trinajstić information content (AvgIpc) is 2.69. The normalized spacial score (nSPS) is 16.0. The van der Waals surface area contributed by atoms with Gasteiger partial charge in [-0.1, -0.05) is 0 Å². The highest BCUT2D eigenvalue weighted by Crippen LogP contribution is 2.37. The third-order valence-electron chi connectivity index (χ3n) is 1.87. The Labute approximate surface area is 97.0 Å². The van der Waals surface area contributed by atoms with E-state index in [4.69, 9.17) is 9.47 Å². The van der Waals surface area contributed by atoms with Gasteiger partial charge in [0.2, 0.25) is 0 Å². The number of halogens is 4. The Morgan fingerprint density at radius 3 is 2.44 bits per heavy atom. The lowest BCUT2D eigenvalue weighted by Gasteiger charge is -2.16. The number of alkyl halides is 3. The standard InChI is InChI=1S/C9H5BrF3NO2/c10-5-3-6(9(11,12)13)7(14-4-5)8-15-1-2-16-8/h1-4,8H. The number of ether oxygens (including phenoxy) is 2. The molecule has 1 aromatic rings. The molecule has 0 saturated heterocycles. The number of rotatable bonds is 1. The van der Waals surface area contributed by atoms with Crippen LogP contribution in [0.2, 0.25) is 0 Å². The number of hydrogen-bond donors (Lipinski definition) is 0. The van der Waals surface area contributed by atoms with Crippen LogP contribution < -0.4 is 0 Å². The minimum absolute atomic E-state index is 0.245. The van der Waals surface area contributed by atoms with Crippen molar-refractivity contribution in [2.45, 2.75) is 12.5 Å². The molecule has 1 aliphatic heterocycles. The third-order valence-corrected chi connectivity index (χ3v) is 2.31. The molecular weight excluding hydrogens is 291 g/mol. The fourth-order valence-electron chi connectivity index (χ4n) is 1.23. The molecule has 7 heteroatoms. The Kier molecular flexibility index (Phi) is 2.79. The monoisotopic (exact) mass is 295 g/mol. The van der Waals surface area contributed by atoms with Gasteiger partial charge in [-0.05, 0) is 22.0 Å². The van der Waals surface area contributed by atoms with E-state index >= 15 is 0 Å². The first-order chi connectivity index (χ1) is 7.48. The molecule has 0 aliphatic carbocycles. The van der Waals surface area contributed by atoms with Crippen LogP contribution in [0.15, 0.2) is 29.3 Å². The maximum absolute atomic E-state index is 12.7. The van der Waals surface area contributed by atoms with Crippen molar-refractivity contribution in [2.75, 3.05) is 0 Å². The zero-order valence-corrected chi connectivity index (χ0v) is 9.25. The van der Waals surface area contributed by atoms with Gasteiger partial charge in [0, 0.05) is 10.7 Å². The van der Waals surface area contributed by atoms with Crippen LogP contribution in [0.1, 0.15) is 17.5 Å². The van der Waals surface area contributed by atoms with Crippen LogP contribution >= 0.6 is 15.9 Å². The van der Waals surface area contributed by atoms with Crippen LogP contribution in [-0.2, 0) is 15.7 Å². The largest absolute Gasteiger partial charge is 0.454 e. The molecule has 0 unspecified atom stereocenters. The van der Waals surface area contributed by atoms with Crippen molar-refractivity contribution in [2.24, 2.45) is 0 Å². The van der Waals surface area contributed by atoms with Crippen molar-refractivity contribution in [3.8, 4) is 0 Å². The van der Waals surface area contributed by atoms with E-state index in [-0.39, 0.29) is 10.2 Å². The molecule has 2 heterocycles. The molecule has 0 aromatic carbocycles. The van der Waals surface area contributed by atoms with Crippen LogP contribution in [0, 0.1) is 0 Å². The van der Waals surface area contributed by atoms with E-state index in [9.17, 15) is 13.2 Å². The molecule has 2 rings (SSSR count). The second kappa shape index (κ2) is 3.97. The fraction of sp³-hybridized carbons (Fsp3) is 0.222. The lowest BCUT2D eigenvalue weighted by Crippen LogP contribution is -2.14. The summed E-state index contributed by atoms with van der Waals surface area (Å²) in [6.07, 6.45) is -2.02. The van der Waals surface area contributed by atoms with Crippen LogP contribution in [-0.4, -0.2) is 4.98 Å². The first-order valence-corrected chi connectivity index (χ1v) is 4.96. The van der Waals surface area contributed by atoms with E-state index in [0.29, 0.717) is 0 Å². The van der Waals surface area contributed by atoms with Gasteiger partial charge in [0.25, 0.3) is 6.29 Å². The Morgan fingerprint density at radius 1 is 1.25 bits per heavy atom. The molecule has 0 N–H and O–H groups in total. The topological polar surface area (TPSA) is 31.4 Å². The Hall–Kier alpha value is -1.24.